The number of hydrogen-bond donors (Lipinski definition) is 1. The van der Waals surface area contributed by atoms with Gasteiger partial charge in [0.2, 0.25) is 0 Å². The molecule has 0 aliphatic rings. The monoisotopic (exact) mass is 369 g/mol. The van der Waals surface area contributed by atoms with Crippen molar-refractivity contribution in [1.82, 2.24) is 3.97 Å². The number of aliphatic carboxylic acids is 1. The zero-order chi connectivity index (χ0) is 15.5. The van der Waals surface area contributed by atoms with Crippen molar-refractivity contribution in [3.8, 4) is 0 Å². The second kappa shape index (κ2) is 6.28. The number of hydrogen-bond acceptors (Lipinski definition) is 3. The lowest BCUT2D eigenvalue weighted by Crippen LogP contribution is -2.10. The van der Waals surface area contributed by atoms with Crippen LogP contribution in [0.5, 0.6) is 0 Å². The van der Waals surface area contributed by atoms with Crippen LogP contribution in [0.1, 0.15) is 11.1 Å². The Labute approximate surface area is 130 Å². The molecular weight excluding hydrogens is 358 g/mol. The summed E-state index contributed by atoms with van der Waals surface area (Å²) in [5.41, 5.74) is 1.48. The minimum absolute atomic E-state index is 0.177. The van der Waals surface area contributed by atoms with E-state index in [-0.39, 0.29) is 4.90 Å². The number of aromatic nitrogens is 1. The molecule has 1 aromatic carbocycles. The summed E-state index contributed by atoms with van der Waals surface area (Å²) in [6.45, 7) is 0. The number of rotatable bonds is 5. The molecule has 0 fully saturated rings. The van der Waals surface area contributed by atoms with Gasteiger partial charge in [-0.3, -0.25) is 0 Å². The highest BCUT2D eigenvalue weighted by atomic mass is 79.9. The van der Waals surface area contributed by atoms with Crippen molar-refractivity contribution < 1.29 is 18.3 Å². The zero-order valence-corrected chi connectivity index (χ0v) is 13.2. The first kappa shape index (κ1) is 15.5. The van der Waals surface area contributed by atoms with E-state index in [1.54, 1.807) is 24.3 Å². The van der Waals surface area contributed by atoms with Gasteiger partial charge in [0.25, 0.3) is 10.0 Å². The van der Waals surface area contributed by atoms with E-state index < -0.39 is 16.0 Å². The van der Waals surface area contributed by atoms with E-state index in [0.717, 1.165) is 15.6 Å². The van der Waals surface area contributed by atoms with Crippen LogP contribution >= 0.6 is 15.9 Å². The lowest BCUT2D eigenvalue weighted by atomic mass is 10.2. The van der Waals surface area contributed by atoms with Crippen LogP contribution < -0.4 is 0 Å². The van der Waals surface area contributed by atoms with Crippen LogP contribution in [0.4, 0.5) is 0 Å². The van der Waals surface area contributed by atoms with E-state index >= 15 is 0 Å². The average Bonchev–Trinajstić information content (AvgIpc) is 2.95. The molecule has 0 radical (unpaired) electrons. The first-order valence-electron chi connectivity index (χ1n) is 5.93. The van der Waals surface area contributed by atoms with Crippen molar-refractivity contribution in [1.29, 1.82) is 0 Å². The van der Waals surface area contributed by atoms with E-state index in [9.17, 15) is 13.2 Å². The van der Waals surface area contributed by atoms with Gasteiger partial charge >= 0.3 is 5.97 Å². The Bertz CT molecular complexity index is 776. The molecule has 1 aromatic heterocycles. The maximum atomic E-state index is 12.4. The zero-order valence-electron chi connectivity index (χ0n) is 10.8. The molecule has 0 saturated heterocycles. The molecule has 0 atom stereocenters. The minimum Gasteiger partial charge on any atom is -0.478 e. The smallest absolute Gasteiger partial charge is 0.328 e. The number of carbonyl (C=O) groups is 1. The molecule has 21 heavy (non-hydrogen) atoms. The van der Waals surface area contributed by atoms with Crippen molar-refractivity contribution in [3.05, 3.63) is 59.9 Å². The molecule has 1 N–H and O–H groups in total. The van der Waals surface area contributed by atoms with Gasteiger partial charge in [-0.1, -0.05) is 28.1 Å². The van der Waals surface area contributed by atoms with Gasteiger partial charge in [-0.2, -0.15) is 0 Å². The predicted molar refractivity (Wildman–Crippen MR) is 82.8 cm³/mol. The van der Waals surface area contributed by atoms with Gasteiger partial charge in [0.15, 0.2) is 0 Å². The molecule has 0 aliphatic heterocycles. The number of benzene rings is 1. The number of halogens is 1. The van der Waals surface area contributed by atoms with E-state index in [2.05, 4.69) is 15.9 Å². The molecule has 7 heteroatoms. The molecule has 5 nitrogen and oxygen atoms in total. The number of alkyl halides is 1. The van der Waals surface area contributed by atoms with Crippen molar-refractivity contribution in [2.75, 3.05) is 0 Å². The molecule has 0 spiro atoms. The molecule has 2 aromatic rings. The van der Waals surface area contributed by atoms with Gasteiger partial charge in [-0.05, 0) is 35.4 Å². The third-order valence-corrected chi connectivity index (χ3v) is 5.06. The Hall–Kier alpha value is -1.86. The van der Waals surface area contributed by atoms with Crippen LogP contribution in [0, 0.1) is 0 Å². The van der Waals surface area contributed by atoms with Gasteiger partial charge in [0.05, 0.1) is 4.90 Å². The highest BCUT2D eigenvalue weighted by Crippen LogP contribution is 2.17. The van der Waals surface area contributed by atoms with Crippen LogP contribution in [0.15, 0.2) is 53.7 Å². The Morgan fingerprint density at radius 2 is 1.90 bits per heavy atom. The summed E-state index contributed by atoms with van der Waals surface area (Å²) in [7, 11) is -3.66. The van der Waals surface area contributed by atoms with Gasteiger partial charge < -0.3 is 5.11 Å². The number of carboxylic acid groups (broad SMARTS) is 1. The van der Waals surface area contributed by atoms with E-state index in [1.807, 2.05) is 0 Å². The van der Waals surface area contributed by atoms with Crippen molar-refractivity contribution in [3.63, 3.8) is 0 Å². The third-order valence-electron chi connectivity index (χ3n) is 2.76. The van der Waals surface area contributed by atoms with E-state index in [1.165, 1.54) is 24.5 Å². The van der Waals surface area contributed by atoms with Crippen LogP contribution in [-0.2, 0) is 20.1 Å². The highest BCUT2D eigenvalue weighted by Gasteiger charge is 2.16. The van der Waals surface area contributed by atoms with Gasteiger partial charge in [0, 0.05) is 23.8 Å². The predicted octanol–water partition coefficient (Wildman–Crippen LogP) is 2.72. The summed E-state index contributed by atoms with van der Waals surface area (Å²) in [4.78, 5) is 10.6. The largest absolute Gasteiger partial charge is 0.478 e. The molecular formula is C14H12BrNO4S. The fourth-order valence-electron chi connectivity index (χ4n) is 1.68. The van der Waals surface area contributed by atoms with Crippen LogP contribution in [0.2, 0.25) is 0 Å². The molecule has 110 valence electrons. The molecule has 0 unspecified atom stereocenters. The normalized spacial score (nSPS) is 11.9. The average molecular weight is 370 g/mol. The minimum atomic E-state index is -3.66. The summed E-state index contributed by atoms with van der Waals surface area (Å²) >= 11 is 3.30. The summed E-state index contributed by atoms with van der Waals surface area (Å²) in [5.74, 6) is -1.09. The van der Waals surface area contributed by atoms with Crippen molar-refractivity contribution in [2.24, 2.45) is 0 Å². The fourth-order valence-corrected chi connectivity index (χ4v) is 3.26. The maximum absolute atomic E-state index is 12.4. The summed E-state index contributed by atoms with van der Waals surface area (Å²) < 4.78 is 25.9. The standard InChI is InChI=1S/C14H12BrNO4S/c15-9-11-1-4-13(5-2-11)21(19,20)16-8-7-12(10-16)3-6-14(17)18/h1-8,10H,9H2,(H,17,18)/b6-3+. The number of nitrogens with zero attached hydrogens (tertiary/aromatic N) is 1. The molecule has 0 amide bonds. The third kappa shape index (κ3) is 3.62. The lowest BCUT2D eigenvalue weighted by molar-refractivity contribution is -0.131. The highest BCUT2D eigenvalue weighted by molar-refractivity contribution is 9.08. The second-order valence-corrected chi connectivity index (χ2v) is 6.63. The van der Waals surface area contributed by atoms with Crippen LogP contribution in [-0.4, -0.2) is 23.5 Å². The van der Waals surface area contributed by atoms with Crippen LogP contribution in [0.3, 0.4) is 0 Å². The van der Waals surface area contributed by atoms with E-state index in [0.29, 0.717) is 10.9 Å². The molecule has 2 rings (SSSR count). The van der Waals surface area contributed by atoms with E-state index in [4.69, 9.17) is 5.11 Å². The SMILES string of the molecule is O=C(O)/C=C/c1ccn(S(=O)(=O)c2ccc(CBr)cc2)c1. The lowest BCUT2D eigenvalue weighted by Gasteiger charge is -2.06. The van der Waals surface area contributed by atoms with Gasteiger partial charge in [-0.25, -0.2) is 17.2 Å². The Kier molecular flexibility index (Phi) is 4.64. The van der Waals surface area contributed by atoms with Crippen molar-refractivity contribution in [2.45, 2.75) is 10.2 Å². The Morgan fingerprint density at radius 1 is 1.24 bits per heavy atom. The van der Waals surface area contributed by atoms with Crippen molar-refractivity contribution >= 4 is 38.0 Å². The summed E-state index contributed by atoms with van der Waals surface area (Å²) in [5, 5.41) is 9.21. The molecule has 0 aliphatic carbocycles. The first-order chi connectivity index (χ1) is 9.93. The topological polar surface area (TPSA) is 76.4 Å². The Balaban J connectivity index is 2.33. The molecule has 0 saturated carbocycles. The maximum Gasteiger partial charge on any atom is 0.328 e. The van der Waals surface area contributed by atoms with Gasteiger partial charge in [0.1, 0.15) is 0 Å². The fraction of sp³-hybridized carbons (Fsp3) is 0.0714. The summed E-state index contributed by atoms with van der Waals surface area (Å²) in [6.07, 6.45) is 5.04. The first-order valence-corrected chi connectivity index (χ1v) is 8.49. The molecule has 0 bridgehead atoms. The van der Waals surface area contributed by atoms with Gasteiger partial charge in [-0.15, -0.1) is 0 Å². The quantitative estimate of drug-likeness (QED) is 0.649. The number of carboxylic acids is 1. The van der Waals surface area contributed by atoms with Crippen LogP contribution in [0.25, 0.3) is 6.08 Å². The summed E-state index contributed by atoms with van der Waals surface area (Å²) in [6, 6.07) is 8.08. The molecule has 1 heterocycles. The second-order valence-electron chi connectivity index (χ2n) is 4.23. The Morgan fingerprint density at radius 3 is 2.48 bits per heavy atom.